The molecule has 0 saturated carbocycles. The molecule has 2 aromatic heterocycles. The summed E-state index contributed by atoms with van der Waals surface area (Å²) in [5.74, 6) is 0. The van der Waals surface area contributed by atoms with Gasteiger partial charge in [-0.3, -0.25) is 9.58 Å². The highest BCUT2D eigenvalue weighted by atomic mass is 32.1. The minimum atomic E-state index is -0.429. The molecule has 0 unspecified atom stereocenters. The Morgan fingerprint density at radius 2 is 2.43 bits per heavy atom. The van der Waals surface area contributed by atoms with Gasteiger partial charge >= 0.3 is 0 Å². The van der Waals surface area contributed by atoms with Crippen molar-refractivity contribution in [3.8, 4) is 0 Å². The van der Waals surface area contributed by atoms with Crippen molar-refractivity contribution < 1.29 is 9.84 Å². The van der Waals surface area contributed by atoms with Gasteiger partial charge in [0, 0.05) is 43.1 Å². The molecule has 2 aromatic rings. The van der Waals surface area contributed by atoms with E-state index in [0.717, 1.165) is 23.8 Å². The Morgan fingerprint density at radius 3 is 3.14 bits per heavy atom. The van der Waals surface area contributed by atoms with Crippen LogP contribution >= 0.6 is 11.3 Å². The van der Waals surface area contributed by atoms with Crippen LogP contribution in [0.5, 0.6) is 0 Å². The molecule has 114 valence electrons. The van der Waals surface area contributed by atoms with E-state index in [-0.39, 0.29) is 6.10 Å². The number of aryl methyl sites for hydroxylation is 1. The summed E-state index contributed by atoms with van der Waals surface area (Å²) in [4.78, 5) is 6.73. The lowest BCUT2D eigenvalue weighted by Crippen LogP contribution is -2.43. The van der Waals surface area contributed by atoms with E-state index in [1.165, 1.54) is 0 Å². The first kappa shape index (κ1) is 14.6. The number of rotatable bonds is 5. The Balaban J connectivity index is 1.53. The maximum Gasteiger partial charge on any atom is 0.123 e. The van der Waals surface area contributed by atoms with Gasteiger partial charge in [0.15, 0.2) is 0 Å². The number of hydrogen-bond acceptors (Lipinski definition) is 6. The van der Waals surface area contributed by atoms with Crippen LogP contribution in [0.2, 0.25) is 0 Å². The SMILES string of the molecule is Cc1csc([C@@H]2CN(C[C@H](O)Cn3cccn3)CCO2)n1. The molecule has 0 bridgehead atoms. The van der Waals surface area contributed by atoms with Crippen LogP contribution in [0.4, 0.5) is 0 Å². The quantitative estimate of drug-likeness (QED) is 0.895. The summed E-state index contributed by atoms with van der Waals surface area (Å²) in [7, 11) is 0. The maximum absolute atomic E-state index is 10.2. The van der Waals surface area contributed by atoms with Crippen LogP contribution in [0.1, 0.15) is 16.8 Å². The van der Waals surface area contributed by atoms with Gasteiger partial charge in [-0.2, -0.15) is 5.10 Å². The number of aliphatic hydroxyl groups excluding tert-OH is 1. The minimum Gasteiger partial charge on any atom is -0.390 e. The molecule has 1 saturated heterocycles. The predicted molar refractivity (Wildman–Crippen MR) is 80.2 cm³/mol. The number of hydrogen-bond donors (Lipinski definition) is 1. The van der Waals surface area contributed by atoms with E-state index < -0.39 is 6.10 Å². The van der Waals surface area contributed by atoms with Gasteiger partial charge in [0.1, 0.15) is 11.1 Å². The van der Waals surface area contributed by atoms with E-state index in [9.17, 15) is 5.11 Å². The molecule has 1 aliphatic rings. The van der Waals surface area contributed by atoms with Gasteiger partial charge < -0.3 is 9.84 Å². The zero-order chi connectivity index (χ0) is 14.7. The second kappa shape index (κ2) is 6.65. The van der Waals surface area contributed by atoms with E-state index >= 15 is 0 Å². The number of aromatic nitrogens is 3. The van der Waals surface area contributed by atoms with E-state index in [1.54, 1.807) is 22.2 Å². The molecule has 1 N–H and O–H groups in total. The molecule has 1 fully saturated rings. The maximum atomic E-state index is 10.2. The fourth-order valence-corrected chi connectivity index (χ4v) is 3.35. The number of morpholine rings is 1. The standard InChI is InChI=1S/C14H20N4O2S/c1-11-10-21-14(16-11)13-9-17(5-6-20-13)7-12(19)8-18-4-2-3-15-18/h2-4,10,12-13,19H,5-9H2,1H3/t12-,13-/m0/s1. The highest BCUT2D eigenvalue weighted by Crippen LogP contribution is 2.25. The molecular formula is C14H20N4O2S. The van der Waals surface area contributed by atoms with Gasteiger partial charge in [-0.05, 0) is 13.0 Å². The first-order chi connectivity index (χ1) is 10.2. The van der Waals surface area contributed by atoms with Crippen molar-refractivity contribution >= 4 is 11.3 Å². The van der Waals surface area contributed by atoms with Crippen LogP contribution < -0.4 is 0 Å². The Hall–Kier alpha value is -1.28. The minimum absolute atomic E-state index is 0.0225. The Morgan fingerprint density at radius 1 is 1.52 bits per heavy atom. The predicted octanol–water partition coefficient (Wildman–Crippen LogP) is 1.08. The van der Waals surface area contributed by atoms with Crippen LogP contribution in [-0.2, 0) is 11.3 Å². The zero-order valence-corrected chi connectivity index (χ0v) is 12.9. The number of β-amino-alcohol motifs (C(OH)–C–C–N with tert-alkyl or cyclic N) is 1. The van der Waals surface area contributed by atoms with Gasteiger partial charge in [-0.15, -0.1) is 11.3 Å². The fraction of sp³-hybridized carbons (Fsp3) is 0.571. The first-order valence-corrected chi connectivity index (χ1v) is 8.00. The average molecular weight is 308 g/mol. The van der Waals surface area contributed by atoms with Gasteiger partial charge in [-0.25, -0.2) is 4.98 Å². The lowest BCUT2D eigenvalue weighted by atomic mass is 10.2. The molecule has 0 spiro atoms. The third-order valence-corrected chi connectivity index (χ3v) is 4.54. The van der Waals surface area contributed by atoms with Crippen LogP contribution in [0.15, 0.2) is 23.8 Å². The molecule has 0 radical (unpaired) electrons. The van der Waals surface area contributed by atoms with Gasteiger partial charge in [-0.1, -0.05) is 0 Å². The van der Waals surface area contributed by atoms with Crippen molar-refractivity contribution in [3.05, 3.63) is 34.5 Å². The Labute approximate surface area is 128 Å². The molecule has 2 atom stereocenters. The molecule has 7 heteroatoms. The lowest BCUT2D eigenvalue weighted by Gasteiger charge is -2.33. The first-order valence-electron chi connectivity index (χ1n) is 7.12. The monoisotopic (exact) mass is 308 g/mol. The molecule has 3 rings (SSSR count). The van der Waals surface area contributed by atoms with E-state index in [0.29, 0.717) is 19.7 Å². The van der Waals surface area contributed by atoms with Crippen molar-refractivity contribution in [2.75, 3.05) is 26.2 Å². The molecule has 21 heavy (non-hydrogen) atoms. The number of nitrogens with zero attached hydrogens (tertiary/aromatic N) is 4. The van der Waals surface area contributed by atoms with E-state index in [2.05, 4.69) is 15.0 Å². The van der Waals surface area contributed by atoms with Crippen molar-refractivity contribution in [2.24, 2.45) is 0 Å². The summed E-state index contributed by atoms with van der Waals surface area (Å²) in [6.07, 6.45) is 3.18. The molecule has 0 amide bonds. The molecular weight excluding hydrogens is 288 g/mol. The number of thiazole rings is 1. The highest BCUT2D eigenvalue weighted by molar-refractivity contribution is 7.09. The summed E-state index contributed by atoms with van der Waals surface area (Å²) in [5, 5.41) is 17.4. The van der Waals surface area contributed by atoms with Crippen LogP contribution in [0, 0.1) is 6.92 Å². The normalized spacial score (nSPS) is 21.5. The van der Waals surface area contributed by atoms with Gasteiger partial charge in [0.25, 0.3) is 0 Å². The van der Waals surface area contributed by atoms with Crippen molar-refractivity contribution in [1.29, 1.82) is 0 Å². The smallest absolute Gasteiger partial charge is 0.123 e. The number of ether oxygens (including phenoxy) is 1. The van der Waals surface area contributed by atoms with Crippen LogP contribution in [0.25, 0.3) is 0 Å². The van der Waals surface area contributed by atoms with Gasteiger partial charge in [0.2, 0.25) is 0 Å². The fourth-order valence-electron chi connectivity index (χ4n) is 2.52. The molecule has 0 aliphatic carbocycles. The molecule has 1 aliphatic heterocycles. The summed E-state index contributed by atoms with van der Waals surface area (Å²) in [6, 6.07) is 1.86. The average Bonchev–Trinajstić information content (AvgIpc) is 3.10. The van der Waals surface area contributed by atoms with Gasteiger partial charge in [0.05, 0.1) is 19.3 Å². The summed E-state index contributed by atoms with van der Waals surface area (Å²) < 4.78 is 7.56. The second-order valence-electron chi connectivity index (χ2n) is 5.33. The van der Waals surface area contributed by atoms with Crippen molar-refractivity contribution in [1.82, 2.24) is 19.7 Å². The second-order valence-corrected chi connectivity index (χ2v) is 6.22. The summed E-state index contributed by atoms with van der Waals surface area (Å²) in [6.45, 7) is 5.45. The Kier molecular flexibility index (Phi) is 4.64. The highest BCUT2D eigenvalue weighted by Gasteiger charge is 2.25. The lowest BCUT2D eigenvalue weighted by molar-refractivity contribution is -0.0438. The van der Waals surface area contributed by atoms with Crippen LogP contribution in [-0.4, -0.2) is 57.1 Å². The molecule has 6 nitrogen and oxygen atoms in total. The largest absolute Gasteiger partial charge is 0.390 e. The number of aliphatic hydroxyl groups is 1. The third kappa shape index (κ3) is 3.88. The van der Waals surface area contributed by atoms with Crippen molar-refractivity contribution in [2.45, 2.75) is 25.7 Å². The van der Waals surface area contributed by atoms with Crippen LogP contribution in [0.3, 0.4) is 0 Å². The van der Waals surface area contributed by atoms with E-state index in [4.69, 9.17) is 4.74 Å². The van der Waals surface area contributed by atoms with Crippen molar-refractivity contribution in [3.63, 3.8) is 0 Å². The third-order valence-electron chi connectivity index (χ3n) is 3.49. The molecule has 0 aromatic carbocycles. The summed E-state index contributed by atoms with van der Waals surface area (Å²) in [5.41, 5.74) is 1.04. The topological polar surface area (TPSA) is 63.4 Å². The zero-order valence-electron chi connectivity index (χ0n) is 12.1. The van der Waals surface area contributed by atoms with E-state index in [1.807, 2.05) is 24.6 Å². The Bertz CT molecular complexity index is 557. The summed E-state index contributed by atoms with van der Waals surface area (Å²) >= 11 is 1.64. The molecule has 3 heterocycles.